The Labute approximate surface area is 205 Å². The molecule has 184 valence electrons. The molecule has 2 atom stereocenters. The van der Waals surface area contributed by atoms with Gasteiger partial charge in [-0.15, -0.1) is 0 Å². The summed E-state index contributed by atoms with van der Waals surface area (Å²) in [5.74, 6) is -1.23. The van der Waals surface area contributed by atoms with E-state index in [0.29, 0.717) is 26.2 Å². The van der Waals surface area contributed by atoms with Gasteiger partial charge in [0, 0.05) is 50.4 Å². The number of hydrogen-bond acceptors (Lipinski definition) is 4. The highest BCUT2D eigenvalue weighted by atomic mass is 16.2. The molecule has 8 heteroatoms. The number of carbonyl (C=O) groups is 4. The van der Waals surface area contributed by atoms with Gasteiger partial charge in [-0.2, -0.15) is 0 Å². The average Bonchev–Trinajstić information content (AvgIpc) is 3.45. The Bertz CT molecular complexity index is 1000. The Morgan fingerprint density at radius 3 is 1.49 bits per heavy atom. The summed E-state index contributed by atoms with van der Waals surface area (Å²) in [4.78, 5) is 53.6. The molecule has 35 heavy (non-hydrogen) atoms. The molecule has 4 rings (SSSR count). The molecule has 2 heterocycles. The number of nitrogens with zero attached hydrogens (tertiary/aromatic N) is 2. The number of hydrogen-bond donors (Lipinski definition) is 2. The van der Waals surface area contributed by atoms with E-state index >= 15 is 0 Å². The van der Waals surface area contributed by atoms with Crippen LogP contribution < -0.4 is 20.4 Å². The molecular formula is C27H32N4O4. The van der Waals surface area contributed by atoms with Gasteiger partial charge in [-0.3, -0.25) is 19.2 Å². The van der Waals surface area contributed by atoms with E-state index in [9.17, 15) is 19.2 Å². The van der Waals surface area contributed by atoms with Gasteiger partial charge in [-0.05, 0) is 29.7 Å². The predicted molar refractivity (Wildman–Crippen MR) is 134 cm³/mol. The first-order valence-corrected chi connectivity index (χ1v) is 12.0. The molecule has 0 saturated carbocycles. The van der Waals surface area contributed by atoms with Gasteiger partial charge in [0.2, 0.25) is 23.6 Å². The van der Waals surface area contributed by atoms with Crippen LogP contribution in [0.25, 0.3) is 0 Å². The topological polar surface area (TPSA) is 98.8 Å². The third kappa shape index (κ3) is 5.88. The molecule has 2 aromatic carbocycles. The quantitative estimate of drug-likeness (QED) is 0.611. The van der Waals surface area contributed by atoms with E-state index in [0.717, 1.165) is 11.4 Å². The monoisotopic (exact) mass is 476 g/mol. The molecule has 2 aliphatic rings. The minimum Gasteiger partial charge on any atom is -0.355 e. The summed E-state index contributed by atoms with van der Waals surface area (Å²) in [5, 5.41) is 5.91. The van der Waals surface area contributed by atoms with Crippen molar-refractivity contribution in [3.05, 3.63) is 60.7 Å². The van der Waals surface area contributed by atoms with Crippen LogP contribution in [0.3, 0.4) is 0 Å². The smallest absolute Gasteiger partial charge is 0.227 e. The Morgan fingerprint density at radius 1 is 0.743 bits per heavy atom. The van der Waals surface area contributed by atoms with E-state index in [1.807, 2.05) is 74.5 Å². The van der Waals surface area contributed by atoms with Gasteiger partial charge in [0.1, 0.15) is 0 Å². The third-order valence-electron chi connectivity index (χ3n) is 6.61. The fourth-order valence-electron chi connectivity index (χ4n) is 4.49. The Kier molecular flexibility index (Phi) is 7.19. The normalized spacial score (nSPS) is 20.3. The molecule has 0 aromatic heterocycles. The summed E-state index contributed by atoms with van der Waals surface area (Å²) in [6.45, 7) is 5.36. The standard InChI is InChI=1S/C27H32N4O4/c1-27(2,17-28-25(34)19-13-23(32)30(15-19)21-9-5-3-6-10-21)18-29-26(35)20-14-24(33)31(16-20)22-11-7-4-8-12-22/h3-12,19-20H,13-18H2,1-2H3,(H,28,34)(H,29,35)/t19-,20+. The number of rotatable bonds is 8. The molecule has 0 bridgehead atoms. The number of carbonyl (C=O) groups excluding carboxylic acids is 4. The van der Waals surface area contributed by atoms with Crippen LogP contribution in [0.1, 0.15) is 26.7 Å². The highest BCUT2D eigenvalue weighted by molar-refractivity contribution is 6.01. The summed E-state index contributed by atoms with van der Waals surface area (Å²) in [6.07, 6.45) is 0.372. The highest BCUT2D eigenvalue weighted by Crippen LogP contribution is 2.26. The van der Waals surface area contributed by atoms with Gasteiger partial charge in [-0.1, -0.05) is 50.2 Å². The second-order valence-corrected chi connectivity index (χ2v) is 10.1. The van der Waals surface area contributed by atoms with Crippen molar-refractivity contribution in [2.75, 3.05) is 36.0 Å². The summed E-state index contributed by atoms with van der Waals surface area (Å²) < 4.78 is 0. The first-order valence-electron chi connectivity index (χ1n) is 12.0. The van der Waals surface area contributed by atoms with Crippen LogP contribution >= 0.6 is 0 Å². The van der Waals surface area contributed by atoms with Gasteiger partial charge >= 0.3 is 0 Å². The summed E-state index contributed by atoms with van der Waals surface area (Å²) in [6, 6.07) is 18.7. The van der Waals surface area contributed by atoms with Gasteiger partial charge in [0.25, 0.3) is 0 Å². The molecule has 0 aliphatic carbocycles. The van der Waals surface area contributed by atoms with Crippen molar-refractivity contribution in [2.45, 2.75) is 26.7 Å². The van der Waals surface area contributed by atoms with Crippen molar-refractivity contribution in [2.24, 2.45) is 17.3 Å². The third-order valence-corrected chi connectivity index (χ3v) is 6.61. The van der Waals surface area contributed by atoms with Crippen molar-refractivity contribution in [1.82, 2.24) is 10.6 Å². The van der Waals surface area contributed by atoms with E-state index in [1.165, 1.54) is 0 Å². The van der Waals surface area contributed by atoms with Gasteiger partial charge < -0.3 is 20.4 Å². The van der Waals surface area contributed by atoms with E-state index in [4.69, 9.17) is 0 Å². The predicted octanol–water partition coefficient (Wildman–Crippen LogP) is 2.35. The zero-order valence-corrected chi connectivity index (χ0v) is 20.2. The zero-order chi connectivity index (χ0) is 25.0. The van der Waals surface area contributed by atoms with Crippen LogP contribution in [0.2, 0.25) is 0 Å². The lowest BCUT2D eigenvalue weighted by Gasteiger charge is -2.27. The molecule has 2 fully saturated rings. The minimum absolute atomic E-state index is 0.0569. The molecular weight excluding hydrogens is 444 g/mol. The second-order valence-electron chi connectivity index (χ2n) is 10.1. The Balaban J connectivity index is 1.23. The molecule has 4 amide bonds. The fourth-order valence-corrected chi connectivity index (χ4v) is 4.49. The largest absolute Gasteiger partial charge is 0.355 e. The zero-order valence-electron chi connectivity index (χ0n) is 20.2. The molecule has 0 unspecified atom stereocenters. The van der Waals surface area contributed by atoms with Crippen molar-refractivity contribution in [1.29, 1.82) is 0 Å². The lowest BCUT2D eigenvalue weighted by atomic mass is 9.92. The maximum absolute atomic E-state index is 12.7. The molecule has 2 aromatic rings. The summed E-state index contributed by atoms with van der Waals surface area (Å²) in [7, 11) is 0. The van der Waals surface area contributed by atoms with Crippen molar-refractivity contribution in [3.63, 3.8) is 0 Å². The molecule has 0 radical (unpaired) electrons. The van der Waals surface area contributed by atoms with Crippen LogP contribution in [-0.4, -0.2) is 49.8 Å². The molecule has 2 aliphatic heterocycles. The lowest BCUT2D eigenvalue weighted by molar-refractivity contribution is -0.127. The molecule has 0 spiro atoms. The van der Waals surface area contributed by atoms with Crippen LogP contribution in [0.4, 0.5) is 11.4 Å². The molecule has 2 saturated heterocycles. The van der Waals surface area contributed by atoms with Crippen molar-refractivity contribution >= 4 is 35.0 Å². The fraction of sp³-hybridized carbons (Fsp3) is 0.407. The molecule has 8 nitrogen and oxygen atoms in total. The molecule has 2 N–H and O–H groups in total. The average molecular weight is 477 g/mol. The van der Waals surface area contributed by atoms with Gasteiger partial charge in [-0.25, -0.2) is 0 Å². The van der Waals surface area contributed by atoms with E-state index in [1.54, 1.807) is 9.80 Å². The van der Waals surface area contributed by atoms with E-state index < -0.39 is 17.3 Å². The summed E-state index contributed by atoms with van der Waals surface area (Å²) >= 11 is 0. The van der Waals surface area contributed by atoms with Gasteiger partial charge in [0.05, 0.1) is 11.8 Å². The number of nitrogens with one attached hydrogen (secondary N) is 2. The lowest BCUT2D eigenvalue weighted by Crippen LogP contribution is -2.45. The maximum atomic E-state index is 12.7. The van der Waals surface area contributed by atoms with Gasteiger partial charge in [0.15, 0.2) is 0 Å². The SMILES string of the molecule is CC(C)(CNC(=O)[C@@H]1CC(=O)N(c2ccccc2)C1)CNC(=O)[C@H]1CC(=O)N(c2ccccc2)C1. The van der Waals surface area contributed by atoms with Crippen molar-refractivity contribution in [3.8, 4) is 0 Å². The minimum atomic E-state index is -0.401. The van der Waals surface area contributed by atoms with E-state index in [2.05, 4.69) is 10.6 Å². The number of para-hydroxylation sites is 2. The van der Waals surface area contributed by atoms with Crippen LogP contribution in [0.5, 0.6) is 0 Å². The second kappa shape index (κ2) is 10.3. The first-order chi connectivity index (χ1) is 16.7. The first kappa shape index (κ1) is 24.4. The highest BCUT2D eigenvalue weighted by Gasteiger charge is 2.37. The number of benzene rings is 2. The van der Waals surface area contributed by atoms with E-state index in [-0.39, 0.29) is 36.5 Å². The number of amides is 4. The van der Waals surface area contributed by atoms with Crippen LogP contribution in [0.15, 0.2) is 60.7 Å². The maximum Gasteiger partial charge on any atom is 0.227 e. The van der Waals surface area contributed by atoms with Crippen LogP contribution in [-0.2, 0) is 19.2 Å². The Hall–Kier alpha value is -3.68. The Morgan fingerprint density at radius 2 is 1.11 bits per heavy atom. The number of anilines is 2. The van der Waals surface area contributed by atoms with Crippen LogP contribution in [0, 0.1) is 17.3 Å². The van der Waals surface area contributed by atoms with Crippen molar-refractivity contribution < 1.29 is 19.2 Å². The summed E-state index contributed by atoms with van der Waals surface area (Å²) in [5.41, 5.74) is 1.20.